The molecule has 1 aromatic rings. The molecule has 1 N–H and O–H groups in total. The fourth-order valence-corrected chi connectivity index (χ4v) is 2.91. The van der Waals surface area contributed by atoms with Crippen LogP contribution in [0.2, 0.25) is 5.02 Å². The monoisotopic (exact) mass is 310 g/mol. The van der Waals surface area contributed by atoms with Crippen molar-refractivity contribution in [3.63, 3.8) is 0 Å². The van der Waals surface area contributed by atoms with Gasteiger partial charge in [0.2, 0.25) is 5.91 Å². The fraction of sp³-hybridized carbons (Fsp3) is 0.467. The van der Waals surface area contributed by atoms with Crippen LogP contribution < -0.4 is 10.2 Å². The first kappa shape index (κ1) is 14.3. The van der Waals surface area contributed by atoms with Gasteiger partial charge < -0.3 is 5.32 Å². The van der Waals surface area contributed by atoms with Crippen molar-refractivity contribution in [3.8, 4) is 0 Å². The van der Waals surface area contributed by atoms with Crippen molar-refractivity contribution in [3.05, 3.63) is 29.0 Å². The van der Waals surface area contributed by atoms with E-state index in [0.717, 1.165) is 12.8 Å². The summed E-state index contributed by atoms with van der Waals surface area (Å²) in [5, 5.41) is 2.80. The average molecular weight is 311 g/mol. The maximum atomic E-state index is 13.7. The SMILES string of the molecule is CCC1C(=O)NC(C2CC2)C(=O)N1c1ccc(Cl)c(F)c1. The van der Waals surface area contributed by atoms with Crippen LogP contribution in [-0.2, 0) is 9.59 Å². The molecule has 2 amide bonds. The average Bonchev–Trinajstić information content (AvgIpc) is 3.28. The van der Waals surface area contributed by atoms with Crippen molar-refractivity contribution in [1.82, 2.24) is 5.32 Å². The van der Waals surface area contributed by atoms with Crippen LogP contribution in [0.1, 0.15) is 26.2 Å². The third kappa shape index (κ3) is 2.50. The number of halogens is 2. The van der Waals surface area contributed by atoms with Gasteiger partial charge in [0.05, 0.1) is 5.02 Å². The van der Waals surface area contributed by atoms with Crippen LogP contribution in [-0.4, -0.2) is 23.9 Å². The topological polar surface area (TPSA) is 49.4 Å². The predicted octanol–water partition coefficient (Wildman–Crippen LogP) is 2.50. The molecule has 21 heavy (non-hydrogen) atoms. The Morgan fingerprint density at radius 1 is 1.38 bits per heavy atom. The maximum absolute atomic E-state index is 13.7. The summed E-state index contributed by atoms with van der Waals surface area (Å²) >= 11 is 5.69. The molecule has 2 unspecified atom stereocenters. The van der Waals surface area contributed by atoms with Crippen molar-refractivity contribution >= 4 is 29.1 Å². The minimum Gasteiger partial charge on any atom is -0.342 e. The van der Waals surface area contributed by atoms with Crippen molar-refractivity contribution < 1.29 is 14.0 Å². The molecule has 0 radical (unpaired) electrons. The predicted molar refractivity (Wildman–Crippen MR) is 77.6 cm³/mol. The lowest BCUT2D eigenvalue weighted by atomic mass is 10.0. The lowest BCUT2D eigenvalue weighted by molar-refractivity contribution is -0.134. The molecule has 1 aliphatic carbocycles. The molecule has 3 rings (SSSR count). The Morgan fingerprint density at radius 3 is 2.67 bits per heavy atom. The number of nitrogens with one attached hydrogen (secondary N) is 1. The first-order chi connectivity index (χ1) is 10.0. The van der Waals surface area contributed by atoms with E-state index in [1.807, 2.05) is 6.92 Å². The zero-order chi connectivity index (χ0) is 15.1. The van der Waals surface area contributed by atoms with Crippen molar-refractivity contribution in [2.24, 2.45) is 5.92 Å². The number of anilines is 1. The maximum Gasteiger partial charge on any atom is 0.250 e. The Morgan fingerprint density at radius 2 is 2.10 bits per heavy atom. The van der Waals surface area contributed by atoms with E-state index in [2.05, 4.69) is 5.32 Å². The molecule has 6 heteroatoms. The Balaban J connectivity index is 1.99. The van der Waals surface area contributed by atoms with Crippen LogP contribution in [0.15, 0.2) is 18.2 Å². The second-order valence-corrected chi connectivity index (χ2v) is 5.96. The largest absolute Gasteiger partial charge is 0.342 e. The molecule has 1 aromatic carbocycles. The molecule has 1 aliphatic heterocycles. The van der Waals surface area contributed by atoms with Gasteiger partial charge in [-0.2, -0.15) is 0 Å². The van der Waals surface area contributed by atoms with Crippen molar-refractivity contribution in [1.29, 1.82) is 0 Å². The summed E-state index contributed by atoms with van der Waals surface area (Å²) in [4.78, 5) is 26.3. The minimum absolute atomic E-state index is 0.000508. The highest BCUT2D eigenvalue weighted by molar-refractivity contribution is 6.30. The summed E-state index contributed by atoms with van der Waals surface area (Å²) in [7, 11) is 0. The molecule has 2 aliphatic rings. The van der Waals surface area contributed by atoms with Crippen LogP contribution in [0.3, 0.4) is 0 Å². The number of hydrogen-bond acceptors (Lipinski definition) is 2. The first-order valence-electron chi connectivity index (χ1n) is 7.11. The van der Waals surface area contributed by atoms with Crippen LogP contribution >= 0.6 is 11.6 Å². The number of amides is 2. The number of carbonyl (C=O) groups excluding carboxylic acids is 2. The Hall–Kier alpha value is -1.62. The van der Waals surface area contributed by atoms with Gasteiger partial charge in [-0.05, 0) is 43.4 Å². The van der Waals surface area contributed by atoms with E-state index in [4.69, 9.17) is 11.6 Å². The van der Waals surface area contributed by atoms with Crippen LogP contribution in [0.5, 0.6) is 0 Å². The molecule has 1 heterocycles. The summed E-state index contributed by atoms with van der Waals surface area (Å²) in [5.74, 6) is -0.722. The van der Waals surface area contributed by atoms with Crippen LogP contribution in [0.25, 0.3) is 0 Å². The summed E-state index contributed by atoms with van der Waals surface area (Å²) in [6.45, 7) is 1.83. The third-order valence-electron chi connectivity index (χ3n) is 4.08. The van der Waals surface area contributed by atoms with E-state index in [1.165, 1.54) is 17.0 Å². The van der Waals surface area contributed by atoms with Gasteiger partial charge in [0.1, 0.15) is 17.9 Å². The van der Waals surface area contributed by atoms with Crippen molar-refractivity contribution in [2.45, 2.75) is 38.3 Å². The highest BCUT2D eigenvalue weighted by Gasteiger charge is 2.46. The van der Waals surface area contributed by atoms with E-state index in [9.17, 15) is 14.0 Å². The van der Waals surface area contributed by atoms with Gasteiger partial charge >= 0.3 is 0 Å². The second-order valence-electron chi connectivity index (χ2n) is 5.55. The standard InChI is InChI=1S/C15H16ClFN2O2/c1-2-12-14(20)18-13(8-3-4-8)15(21)19(12)9-5-6-10(16)11(17)7-9/h5-8,12-13H,2-4H2,1H3,(H,18,20). The number of nitrogens with zero attached hydrogens (tertiary/aromatic N) is 1. The zero-order valence-corrected chi connectivity index (χ0v) is 12.4. The minimum atomic E-state index is -0.604. The summed E-state index contributed by atoms with van der Waals surface area (Å²) in [5.41, 5.74) is 0.384. The van der Waals surface area contributed by atoms with Gasteiger partial charge in [0, 0.05) is 5.69 Å². The van der Waals surface area contributed by atoms with E-state index in [0.29, 0.717) is 12.1 Å². The highest BCUT2D eigenvalue weighted by Crippen LogP contribution is 2.37. The number of hydrogen-bond donors (Lipinski definition) is 1. The van der Waals surface area contributed by atoms with Gasteiger partial charge in [0.15, 0.2) is 0 Å². The van der Waals surface area contributed by atoms with E-state index in [1.54, 1.807) is 6.07 Å². The van der Waals surface area contributed by atoms with Gasteiger partial charge in [-0.15, -0.1) is 0 Å². The van der Waals surface area contributed by atoms with Crippen LogP contribution in [0, 0.1) is 11.7 Å². The molecule has 1 saturated carbocycles. The van der Waals surface area contributed by atoms with E-state index < -0.39 is 17.9 Å². The molecule has 0 aromatic heterocycles. The first-order valence-corrected chi connectivity index (χ1v) is 7.49. The van der Waals surface area contributed by atoms with E-state index in [-0.39, 0.29) is 22.8 Å². The zero-order valence-electron chi connectivity index (χ0n) is 11.6. The Labute approximate surface area is 127 Å². The molecule has 112 valence electrons. The normalized spacial score (nSPS) is 26.0. The van der Waals surface area contributed by atoms with Crippen molar-refractivity contribution in [2.75, 3.05) is 4.90 Å². The number of benzene rings is 1. The fourth-order valence-electron chi connectivity index (χ4n) is 2.79. The second kappa shape index (κ2) is 5.30. The Kier molecular flexibility index (Phi) is 3.61. The lowest BCUT2D eigenvalue weighted by Crippen LogP contribution is -2.64. The van der Waals surface area contributed by atoms with Crippen LogP contribution in [0.4, 0.5) is 10.1 Å². The number of piperazine rings is 1. The molecule has 4 nitrogen and oxygen atoms in total. The molecule has 0 spiro atoms. The quantitative estimate of drug-likeness (QED) is 0.932. The smallest absolute Gasteiger partial charge is 0.250 e. The van der Waals surface area contributed by atoms with Gasteiger partial charge in [-0.3, -0.25) is 14.5 Å². The molecule has 1 saturated heterocycles. The third-order valence-corrected chi connectivity index (χ3v) is 4.38. The highest BCUT2D eigenvalue weighted by atomic mass is 35.5. The number of carbonyl (C=O) groups is 2. The van der Waals surface area contributed by atoms with Gasteiger partial charge in [0.25, 0.3) is 5.91 Å². The summed E-state index contributed by atoms with van der Waals surface area (Å²) in [6.07, 6.45) is 2.35. The lowest BCUT2D eigenvalue weighted by Gasteiger charge is -2.38. The molecule has 2 fully saturated rings. The summed E-state index contributed by atoms with van der Waals surface area (Å²) in [6, 6.07) is 3.11. The van der Waals surface area contributed by atoms with Gasteiger partial charge in [-0.1, -0.05) is 18.5 Å². The summed E-state index contributed by atoms with van der Waals surface area (Å²) < 4.78 is 13.7. The van der Waals surface area contributed by atoms with Gasteiger partial charge in [-0.25, -0.2) is 4.39 Å². The number of rotatable bonds is 3. The molecular formula is C15H16ClFN2O2. The molecular weight excluding hydrogens is 295 g/mol. The Bertz CT molecular complexity index is 603. The molecule has 0 bridgehead atoms. The molecule has 2 atom stereocenters. The van der Waals surface area contributed by atoms with E-state index >= 15 is 0 Å².